The zero-order chi connectivity index (χ0) is 27.5. The molecule has 0 radical (unpaired) electrons. The average Bonchev–Trinajstić information content (AvgIpc) is 3.48. The second kappa shape index (κ2) is 9.28. The largest absolute Gasteiger partial charge is 0.378 e. The highest BCUT2D eigenvalue weighted by molar-refractivity contribution is 6.26. The van der Waals surface area contributed by atoms with Crippen molar-refractivity contribution >= 4 is 46.6 Å². The molecular weight excluding hydrogens is 502 g/mol. The molecule has 2 N–H and O–H groups in total. The van der Waals surface area contributed by atoms with E-state index >= 15 is 0 Å². The highest BCUT2D eigenvalue weighted by atomic mass is 16.5. The van der Waals surface area contributed by atoms with Crippen LogP contribution in [0, 0.1) is 11.8 Å². The van der Waals surface area contributed by atoms with Crippen LogP contribution >= 0.6 is 0 Å². The predicted octanol–water partition coefficient (Wildman–Crippen LogP) is 0.843. The van der Waals surface area contributed by atoms with Gasteiger partial charge in [-0.15, -0.1) is 0 Å². The number of fused-ring (bicyclic) bond motifs is 4. The molecule has 39 heavy (non-hydrogen) atoms. The smallest absolute Gasteiger partial charge is 0.253 e. The van der Waals surface area contributed by atoms with Crippen molar-refractivity contribution in [1.82, 2.24) is 10.2 Å². The molecule has 2 aromatic carbocycles. The van der Waals surface area contributed by atoms with E-state index in [0.29, 0.717) is 48.9 Å². The topological polar surface area (TPSA) is 128 Å². The summed E-state index contributed by atoms with van der Waals surface area (Å²) in [5.74, 6) is -3.44. The normalized spacial score (nSPS) is 27.8. The second-order valence-electron chi connectivity index (χ2n) is 10.4. The van der Waals surface area contributed by atoms with E-state index in [4.69, 9.17) is 4.74 Å². The molecule has 4 aliphatic rings. The van der Waals surface area contributed by atoms with Crippen molar-refractivity contribution in [1.29, 1.82) is 0 Å². The van der Waals surface area contributed by atoms with Crippen molar-refractivity contribution in [3.05, 3.63) is 54.1 Å². The van der Waals surface area contributed by atoms with Gasteiger partial charge in [0.05, 0.1) is 30.7 Å². The minimum Gasteiger partial charge on any atom is -0.378 e. The summed E-state index contributed by atoms with van der Waals surface area (Å²) in [6.07, 6.45) is 0. The highest BCUT2D eigenvalue weighted by Crippen LogP contribution is 2.55. The number of hydrogen-bond acceptors (Lipinski definition) is 7. The van der Waals surface area contributed by atoms with E-state index in [0.717, 1.165) is 4.90 Å². The molecule has 2 aromatic rings. The van der Waals surface area contributed by atoms with Crippen LogP contribution in [0.25, 0.3) is 0 Å². The van der Waals surface area contributed by atoms with Crippen LogP contribution in [-0.4, -0.2) is 73.3 Å². The van der Waals surface area contributed by atoms with E-state index in [2.05, 4.69) is 10.6 Å². The fourth-order valence-electron chi connectivity index (χ4n) is 6.47. The Balaban J connectivity index is 1.36. The van der Waals surface area contributed by atoms with E-state index in [9.17, 15) is 24.0 Å². The van der Waals surface area contributed by atoms with Crippen LogP contribution in [0.4, 0.5) is 17.1 Å². The van der Waals surface area contributed by atoms with Gasteiger partial charge in [-0.25, -0.2) is 4.90 Å². The Hall–Kier alpha value is -4.09. The van der Waals surface area contributed by atoms with Gasteiger partial charge in [0.2, 0.25) is 23.6 Å². The molecular formula is C28H29N5O6. The molecule has 0 unspecified atom stereocenters. The minimum absolute atomic E-state index is 0.165. The maximum absolute atomic E-state index is 14.3. The van der Waals surface area contributed by atoms with Gasteiger partial charge in [0.1, 0.15) is 12.1 Å². The first-order valence-corrected chi connectivity index (χ1v) is 13.0. The van der Waals surface area contributed by atoms with Crippen molar-refractivity contribution in [3.8, 4) is 0 Å². The highest BCUT2D eigenvalue weighted by Gasteiger charge is 2.71. The Kier molecular flexibility index (Phi) is 6.00. The van der Waals surface area contributed by atoms with Crippen LogP contribution in [0.5, 0.6) is 0 Å². The maximum atomic E-state index is 14.3. The summed E-state index contributed by atoms with van der Waals surface area (Å²) >= 11 is 0. The Bertz CT molecular complexity index is 1390. The quantitative estimate of drug-likeness (QED) is 0.560. The Morgan fingerprint density at radius 1 is 1.03 bits per heavy atom. The molecule has 202 valence electrons. The number of benzene rings is 2. The average molecular weight is 532 g/mol. The monoisotopic (exact) mass is 531 g/mol. The fraction of sp³-hybridized carbons (Fsp3) is 0.393. The second-order valence-corrected chi connectivity index (χ2v) is 10.4. The Labute approximate surface area is 225 Å². The van der Waals surface area contributed by atoms with Crippen LogP contribution in [0.3, 0.4) is 0 Å². The van der Waals surface area contributed by atoms with Crippen LogP contribution in [0.15, 0.2) is 48.5 Å². The first-order valence-electron chi connectivity index (χ1n) is 13.0. The van der Waals surface area contributed by atoms with Crippen LogP contribution in [-0.2, 0) is 34.2 Å². The lowest BCUT2D eigenvalue weighted by Gasteiger charge is -2.31. The van der Waals surface area contributed by atoms with Crippen LogP contribution < -0.4 is 20.4 Å². The number of ether oxygens (including phenoxy) is 1. The molecule has 4 atom stereocenters. The number of amides is 5. The van der Waals surface area contributed by atoms with E-state index in [1.54, 1.807) is 60.4 Å². The van der Waals surface area contributed by atoms with Crippen LogP contribution in [0.2, 0.25) is 0 Å². The number of carbonyl (C=O) groups excluding carboxylic acids is 5. The third-order valence-corrected chi connectivity index (χ3v) is 8.12. The number of rotatable bonds is 4. The predicted molar refractivity (Wildman–Crippen MR) is 141 cm³/mol. The minimum atomic E-state index is -1.47. The lowest BCUT2D eigenvalue weighted by molar-refractivity contribution is -0.136. The standard InChI is InChI=1S/C28H29N5O6/c1-16-23-24(26(37)33(25(23)36)19-9-7-18(8-10-19)29-17(2)34)28(30-16)20-5-3-4-6-21(20)32(27(28)38)15-22(35)31-11-13-39-14-12-31/h3-10,16,23-24,30H,11-15H2,1-2H3,(H,29,34)/t16-,23+,24+,28+/m0/s1. The van der Waals surface area contributed by atoms with E-state index in [1.165, 1.54) is 11.8 Å². The number of para-hydroxylation sites is 1. The van der Waals surface area contributed by atoms with Gasteiger partial charge in [-0.05, 0) is 37.3 Å². The van der Waals surface area contributed by atoms with Gasteiger partial charge in [-0.2, -0.15) is 0 Å². The third-order valence-electron chi connectivity index (χ3n) is 8.12. The number of nitrogens with one attached hydrogen (secondary N) is 2. The lowest BCUT2D eigenvalue weighted by atomic mass is 9.76. The zero-order valence-electron chi connectivity index (χ0n) is 21.7. The summed E-state index contributed by atoms with van der Waals surface area (Å²) in [5.41, 5.74) is 0.589. The molecule has 0 saturated carbocycles. The number of anilines is 3. The first kappa shape index (κ1) is 25.2. The number of morpholine rings is 1. The molecule has 1 spiro atoms. The Morgan fingerprint density at radius 2 is 1.72 bits per heavy atom. The van der Waals surface area contributed by atoms with Crippen LogP contribution in [0.1, 0.15) is 19.4 Å². The Morgan fingerprint density at radius 3 is 2.41 bits per heavy atom. The summed E-state index contributed by atoms with van der Waals surface area (Å²) in [7, 11) is 0. The van der Waals surface area contributed by atoms with Crippen molar-refractivity contribution in [2.45, 2.75) is 25.4 Å². The zero-order valence-corrected chi connectivity index (χ0v) is 21.7. The molecule has 3 fully saturated rings. The van der Waals surface area contributed by atoms with Gasteiger partial charge >= 0.3 is 0 Å². The summed E-state index contributed by atoms with van der Waals surface area (Å²) in [6.45, 7) is 4.83. The van der Waals surface area contributed by atoms with E-state index in [1.807, 2.05) is 0 Å². The molecule has 4 heterocycles. The number of hydrogen-bond donors (Lipinski definition) is 2. The molecule has 0 bridgehead atoms. The van der Waals surface area contributed by atoms with Crippen molar-refractivity contribution in [2.75, 3.05) is 48.0 Å². The van der Waals surface area contributed by atoms with Gasteiger partial charge < -0.3 is 19.9 Å². The molecule has 3 saturated heterocycles. The third kappa shape index (κ3) is 3.75. The van der Waals surface area contributed by atoms with E-state index in [-0.39, 0.29) is 24.3 Å². The van der Waals surface area contributed by atoms with E-state index < -0.39 is 35.2 Å². The van der Waals surface area contributed by atoms with Gasteiger partial charge in [0.15, 0.2) is 0 Å². The SMILES string of the molecule is CC(=O)Nc1ccc(N2C(=O)[C@@H]3[C@H](C)N[C@@]4(C(=O)N(CC(=O)N5CCOCC5)c5ccccc54)[C@H]3C2=O)cc1. The number of imide groups is 1. The molecule has 0 aliphatic carbocycles. The summed E-state index contributed by atoms with van der Waals surface area (Å²) < 4.78 is 5.35. The summed E-state index contributed by atoms with van der Waals surface area (Å²) in [4.78, 5) is 70.8. The maximum Gasteiger partial charge on any atom is 0.253 e. The van der Waals surface area contributed by atoms with Crippen molar-refractivity contribution < 1.29 is 28.7 Å². The summed E-state index contributed by atoms with van der Waals surface area (Å²) in [6, 6.07) is 13.1. The molecule has 11 heteroatoms. The van der Waals surface area contributed by atoms with Gasteiger partial charge in [-0.1, -0.05) is 18.2 Å². The van der Waals surface area contributed by atoms with Crippen molar-refractivity contribution in [2.24, 2.45) is 11.8 Å². The van der Waals surface area contributed by atoms with Gasteiger partial charge in [-0.3, -0.25) is 29.3 Å². The fourth-order valence-corrected chi connectivity index (χ4v) is 6.47. The molecule has 11 nitrogen and oxygen atoms in total. The van der Waals surface area contributed by atoms with Crippen molar-refractivity contribution in [3.63, 3.8) is 0 Å². The number of nitrogens with zero attached hydrogens (tertiary/aromatic N) is 3. The number of carbonyl (C=O) groups is 5. The molecule has 0 aromatic heterocycles. The lowest BCUT2D eigenvalue weighted by Crippen LogP contribution is -2.56. The molecule has 6 rings (SSSR count). The van der Waals surface area contributed by atoms with Gasteiger partial charge in [0.25, 0.3) is 5.91 Å². The van der Waals surface area contributed by atoms with Gasteiger partial charge in [0, 0.05) is 43.0 Å². The molecule has 5 amide bonds. The first-order chi connectivity index (χ1) is 18.7. The molecule has 4 aliphatic heterocycles. The summed E-state index contributed by atoms with van der Waals surface area (Å²) in [5, 5.41) is 6.00.